The van der Waals surface area contributed by atoms with Crippen LogP contribution in [0.5, 0.6) is 5.75 Å². The van der Waals surface area contributed by atoms with Gasteiger partial charge in [-0.3, -0.25) is 10.1 Å². The summed E-state index contributed by atoms with van der Waals surface area (Å²) in [5.41, 5.74) is 1.89. The van der Waals surface area contributed by atoms with Gasteiger partial charge >= 0.3 is 0 Å². The lowest BCUT2D eigenvalue weighted by Crippen LogP contribution is -2.07. The molecule has 4 nitrogen and oxygen atoms in total. The standard InChI is InChI=1S/C15H16N2O2S/c1-4-5-13(18)16-15-17-14(10(2)20-15)11-6-8-12(19-3)9-7-11/h4-9H,1-3H3,(H,16,17,18). The Balaban J connectivity index is 2.24. The van der Waals surface area contributed by atoms with E-state index in [1.54, 1.807) is 20.1 Å². The number of hydrogen-bond acceptors (Lipinski definition) is 4. The second-order valence-electron chi connectivity index (χ2n) is 4.14. The summed E-state index contributed by atoms with van der Waals surface area (Å²) in [7, 11) is 1.64. The van der Waals surface area contributed by atoms with Crippen molar-refractivity contribution in [3.63, 3.8) is 0 Å². The number of carbonyl (C=O) groups is 1. The number of hydrogen-bond donors (Lipinski definition) is 1. The Labute approximate surface area is 122 Å². The Morgan fingerprint density at radius 1 is 1.35 bits per heavy atom. The molecule has 0 saturated heterocycles. The highest BCUT2D eigenvalue weighted by atomic mass is 32.1. The Morgan fingerprint density at radius 3 is 2.65 bits per heavy atom. The van der Waals surface area contributed by atoms with Gasteiger partial charge in [-0.1, -0.05) is 6.08 Å². The SMILES string of the molecule is CC=CC(=O)Nc1nc(-c2ccc(OC)cc2)c(C)s1. The van der Waals surface area contributed by atoms with Crippen molar-refractivity contribution in [3.05, 3.63) is 41.3 Å². The average molecular weight is 288 g/mol. The number of benzene rings is 1. The first-order valence-electron chi connectivity index (χ1n) is 6.19. The number of amides is 1. The second kappa shape index (κ2) is 6.34. The summed E-state index contributed by atoms with van der Waals surface area (Å²) in [6.07, 6.45) is 3.17. The van der Waals surface area contributed by atoms with Gasteiger partial charge in [-0.05, 0) is 44.2 Å². The lowest BCUT2D eigenvalue weighted by Gasteiger charge is -2.01. The number of carbonyl (C=O) groups excluding carboxylic acids is 1. The van der Waals surface area contributed by atoms with Crippen LogP contribution < -0.4 is 10.1 Å². The van der Waals surface area contributed by atoms with Gasteiger partial charge in [-0.25, -0.2) is 4.98 Å². The third-order valence-electron chi connectivity index (χ3n) is 2.71. The summed E-state index contributed by atoms with van der Waals surface area (Å²) in [5, 5.41) is 3.36. The number of anilines is 1. The molecule has 1 N–H and O–H groups in total. The van der Waals surface area contributed by atoms with Crippen LogP contribution in [-0.4, -0.2) is 18.0 Å². The molecule has 0 radical (unpaired) electrons. The molecule has 1 amide bonds. The summed E-state index contributed by atoms with van der Waals surface area (Å²) >= 11 is 1.47. The van der Waals surface area contributed by atoms with Crippen LogP contribution in [0.4, 0.5) is 5.13 Å². The molecule has 0 fully saturated rings. The molecule has 0 aliphatic carbocycles. The summed E-state index contributed by atoms with van der Waals surface area (Å²) in [6.45, 7) is 3.79. The minimum atomic E-state index is -0.164. The summed E-state index contributed by atoms with van der Waals surface area (Å²) in [4.78, 5) is 17.0. The predicted molar refractivity (Wildman–Crippen MR) is 82.3 cm³/mol. The minimum Gasteiger partial charge on any atom is -0.497 e. The van der Waals surface area contributed by atoms with Crippen LogP contribution in [0.15, 0.2) is 36.4 Å². The topological polar surface area (TPSA) is 51.2 Å². The van der Waals surface area contributed by atoms with E-state index in [1.165, 1.54) is 17.4 Å². The number of allylic oxidation sites excluding steroid dienone is 1. The molecular formula is C15H16N2O2S. The van der Waals surface area contributed by atoms with Crippen LogP contribution in [-0.2, 0) is 4.79 Å². The molecule has 20 heavy (non-hydrogen) atoms. The van der Waals surface area contributed by atoms with Crippen LogP contribution in [0.2, 0.25) is 0 Å². The molecule has 5 heteroatoms. The van der Waals surface area contributed by atoms with Crippen molar-refractivity contribution in [1.29, 1.82) is 0 Å². The molecule has 2 rings (SSSR count). The van der Waals surface area contributed by atoms with Crippen molar-refractivity contribution in [2.24, 2.45) is 0 Å². The van der Waals surface area contributed by atoms with Gasteiger partial charge in [0.2, 0.25) is 5.91 Å². The molecule has 1 aromatic carbocycles. The fourth-order valence-electron chi connectivity index (χ4n) is 1.77. The van der Waals surface area contributed by atoms with Crippen molar-refractivity contribution < 1.29 is 9.53 Å². The van der Waals surface area contributed by atoms with E-state index < -0.39 is 0 Å². The molecule has 0 spiro atoms. The molecule has 0 atom stereocenters. The average Bonchev–Trinajstić information content (AvgIpc) is 2.80. The minimum absolute atomic E-state index is 0.164. The highest BCUT2D eigenvalue weighted by Crippen LogP contribution is 2.31. The van der Waals surface area contributed by atoms with E-state index in [0.29, 0.717) is 5.13 Å². The third-order valence-corrected chi connectivity index (χ3v) is 3.59. The van der Waals surface area contributed by atoms with Crippen LogP contribution in [0.1, 0.15) is 11.8 Å². The molecule has 2 aromatic rings. The molecule has 0 aliphatic heterocycles. The van der Waals surface area contributed by atoms with E-state index in [0.717, 1.165) is 21.9 Å². The van der Waals surface area contributed by atoms with Crippen molar-refractivity contribution in [1.82, 2.24) is 4.98 Å². The maximum absolute atomic E-state index is 11.5. The number of ether oxygens (including phenoxy) is 1. The van der Waals surface area contributed by atoms with Crippen molar-refractivity contribution in [3.8, 4) is 17.0 Å². The van der Waals surface area contributed by atoms with Gasteiger partial charge in [-0.15, -0.1) is 11.3 Å². The number of methoxy groups -OCH3 is 1. The zero-order valence-corrected chi connectivity index (χ0v) is 12.5. The summed E-state index contributed by atoms with van der Waals surface area (Å²) < 4.78 is 5.14. The van der Waals surface area contributed by atoms with Crippen LogP contribution in [0.25, 0.3) is 11.3 Å². The number of nitrogens with zero attached hydrogens (tertiary/aromatic N) is 1. The van der Waals surface area contributed by atoms with E-state index in [2.05, 4.69) is 10.3 Å². The fourth-order valence-corrected chi connectivity index (χ4v) is 2.60. The highest BCUT2D eigenvalue weighted by Gasteiger charge is 2.11. The van der Waals surface area contributed by atoms with Crippen molar-refractivity contribution in [2.75, 3.05) is 12.4 Å². The van der Waals surface area contributed by atoms with Gasteiger partial charge in [0, 0.05) is 10.4 Å². The number of thiazole rings is 1. The van der Waals surface area contributed by atoms with E-state index in [-0.39, 0.29) is 5.91 Å². The smallest absolute Gasteiger partial charge is 0.249 e. The quantitative estimate of drug-likeness (QED) is 0.874. The lowest BCUT2D eigenvalue weighted by molar-refractivity contribution is -0.111. The summed E-state index contributed by atoms with van der Waals surface area (Å²) in [6, 6.07) is 7.70. The zero-order chi connectivity index (χ0) is 14.5. The van der Waals surface area contributed by atoms with E-state index in [4.69, 9.17) is 4.74 Å². The van der Waals surface area contributed by atoms with E-state index in [9.17, 15) is 4.79 Å². The fraction of sp³-hybridized carbons (Fsp3) is 0.200. The van der Waals surface area contributed by atoms with Crippen LogP contribution in [0.3, 0.4) is 0 Å². The summed E-state index contributed by atoms with van der Waals surface area (Å²) in [5.74, 6) is 0.644. The highest BCUT2D eigenvalue weighted by molar-refractivity contribution is 7.16. The number of nitrogens with one attached hydrogen (secondary N) is 1. The van der Waals surface area contributed by atoms with Crippen molar-refractivity contribution >= 4 is 22.4 Å². The van der Waals surface area contributed by atoms with Crippen molar-refractivity contribution in [2.45, 2.75) is 13.8 Å². The normalized spacial score (nSPS) is 10.8. The third kappa shape index (κ3) is 3.24. The van der Waals surface area contributed by atoms with Gasteiger partial charge < -0.3 is 4.74 Å². The molecule has 0 bridgehead atoms. The van der Waals surface area contributed by atoms with Gasteiger partial charge in [-0.2, -0.15) is 0 Å². The molecule has 1 heterocycles. The Morgan fingerprint density at radius 2 is 2.05 bits per heavy atom. The van der Waals surface area contributed by atoms with E-state index in [1.807, 2.05) is 31.2 Å². The molecular weight excluding hydrogens is 272 g/mol. The maximum atomic E-state index is 11.5. The number of rotatable bonds is 4. The molecule has 104 valence electrons. The largest absolute Gasteiger partial charge is 0.497 e. The van der Waals surface area contributed by atoms with Crippen LogP contribution >= 0.6 is 11.3 Å². The first-order valence-corrected chi connectivity index (χ1v) is 7.01. The Hall–Kier alpha value is -2.14. The molecule has 0 unspecified atom stereocenters. The Bertz CT molecular complexity index is 630. The number of aryl methyl sites for hydroxylation is 1. The molecule has 0 saturated carbocycles. The maximum Gasteiger partial charge on any atom is 0.249 e. The zero-order valence-electron chi connectivity index (χ0n) is 11.6. The first kappa shape index (κ1) is 14.3. The van der Waals surface area contributed by atoms with Crippen LogP contribution in [0, 0.1) is 6.92 Å². The van der Waals surface area contributed by atoms with Gasteiger partial charge in [0.1, 0.15) is 5.75 Å². The molecule has 0 aliphatic rings. The predicted octanol–water partition coefficient (Wildman–Crippen LogP) is 3.64. The Kier molecular flexibility index (Phi) is 4.53. The first-order chi connectivity index (χ1) is 9.63. The number of aromatic nitrogens is 1. The van der Waals surface area contributed by atoms with Gasteiger partial charge in [0.05, 0.1) is 12.8 Å². The van der Waals surface area contributed by atoms with E-state index >= 15 is 0 Å². The lowest BCUT2D eigenvalue weighted by atomic mass is 10.1. The van der Waals surface area contributed by atoms with Gasteiger partial charge in [0.25, 0.3) is 0 Å². The molecule has 1 aromatic heterocycles. The monoisotopic (exact) mass is 288 g/mol. The van der Waals surface area contributed by atoms with Gasteiger partial charge in [0.15, 0.2) is 5.13 Å². The second-order valence-corrected chi connectivity index (χ2v) is 5.34.